The number of Topliss-reactive ketones (excluding diaryl/α,β-unsaturated/α-hetero) is 1. The Labute approximate surface area is 215 Å². The SMILES string of the molecule is CCCC[C@H](NC(=O)[C@@H](NC(=O)c1c(F)c(F)c(F)c(F)c1F)[C@@H](C)CC)C(=O)CSCc1ccco1. The summed E-state index contributed by atoms with van der Waals surface area (Å²) in [5.74, 6) is -13.7. The van der Waals surface area contributed by atoms with Crippen LogP contribution in [0.3, 0.4) is 0 Å². The third kappa shape index (κ3) is 7.80. The Kier molecular flexibility index (Phi) is 11.6. The lowest BCUT2D eigenvalue weighted by Gasteiger charge is -2.26. The van der Waals surface area contributed by atoms with Gasteiger partial charge in [0.05, 0.1) is 23.8 Å². The zero-order chi connectivity index (χ0) is 27.7. The maximum absolute atomic E-state index is 14.1. The predicted molar refractivity (Wildman–Crippen MR) is 128 cm³/mol. The van der Waals surface area contributed by atoms with E-state index >= 15 is 0 Å². The Morgan fingerprint density at radius 1 is 0.973 bits per heavy atom. The summed E-state index contributed by atoms with van der Waals surface area (Å²) in [7, 11) is 0. The topological polar surface area (TPSA) is 88.4 Å². The van der Waals surface area contributed by atoms with Gasteiger partial charge in [-0.2, -0.15) is 0 Å². The maximum atomic E-state index is 14.1. The summed E-state index contributed by atoms with van der Waals surface area (Å²) in [4.78, 5) is 38.5. The van der Waals surface area contributed by atoms with Crippen LogP contribution in [-0.4, -0.2) is 35.4 Å². The zero-order valence-corrected chi connectivity index (χ0v) is 21.5. The van der Waals surface area contributed by atoms with Gasteiger partial charge < -0.3 is 15.1 Å². The lowest BCUT2D eigenvalue weighted by Crippen LogP contribution is -2.54. The number of hydrogen-bond donors (Lipinski definition) is 2. The van der Waals surface area contributed by atoms with E-state index in [0.717, 1.165) is 6.42 Å². The molecule has 3 atom stereocenters. The molecule has 0 saturated heterocycles. The van der Waals surface area contributed by atoms with E-state index in [9.17, 15) is 36.3 Å². The molecule has 204 valence electrons. The monoisotopic (exact) mass is 548 g/mol. The Morgan fingerprint density at radius 3 is 2.14 bits per heavy atom. The fourth-order valence-corrected chi connectivity index (χ4v) is 4.32. The number of rotatable bonds is 14. The Bertz CT molecular complexity index is 1070. The van der Waals surface area contributed by atoms with Crippen molar-refractivity contribution in [2.24, 2.45) is 5.92 Å². The molecule has 12 heteroatoms. The average Bonchev–Trinajstić information content (AvgIpc) is 3.40. The van der Waals surface area contributed by atoms with Crippen molar-refractivity contribution in [1.82, 2.24) is 10.6 Å². The molecule has 0 fully saturated rings. The number of thioether (sulfide) groups is 1. The van der Waals surface area contributed by atoms with E-state index in [4.69, 9.17) is 4.42 Å². The zero-order valence-electron chi connectivity index (χ0n) is 20.6. The van der Waals surface area contributed by atoms with Gasteiger partial charge in [0.15, 0.2) is 29.1 Å². The summed E-state index contributed by atoms with van der Waals surface area (Å²) in [6.45, 7) is 5.15. The van der Waals surface area contributed by atoms with Gasteiger partial charge in [-0.05, 0) is 24.5 Å². The van der Waals surface area contributed by atoms with Gasteiger partial charge in [0.25, 0.3) is 5.91 Å². The number of hydrogen-bond acceptors (Lipinski definition) is 5. The first-order chi connectivity index (χ1) is 17.5. The van der Waals surface area contributed by atoms with Crippen molar-refractivity contribution in [2.75, 3.05) is 5.75 Å². The molecule has 0 aliphatic rings. The van der Waals surface area contributed by atoms with Crippen LogP contribution in [0.2, 0.25) is 0 Å². The van der Waals surface area contributed by atoms with E-state index < -0.39 is 64.5 Å². The number of ketones is 1. The van der Waals surface area contributed by atoms with Gasteiger partial charge in [-0.15, -0.1) is 11.8 Å². The third-order valence-electron chi connectivity index (χ3n) is 5.84. The van der Waals surface area contributed by atoms with Crippen LogP contribution < -0.4 is 10.6 Å². The van der Waals surface area contributed by atoms with E-state index in [-0.39, 0.29) is 11.5 Å². The van der Waals surface area contributed by atoms with E-state index in [1.54, 1.807) is 26.0 Å². The highest BCUT2D eigenvalue weighted by Crippen LogP contribution is 2.23. The van der Waals surface area contributed by atoms with Gasteiger partial charge in [-0.25, -0.2) is 22.0 Å². The molecule has 0 bridgehead atoms. The number of halogens is 5. The van der Waals surface area contributed by atoms with Crippen molar-refractivity contribution >= 4 is 29.4 Å². The van der Waals surface area contributed by atoms with E-state index in [1.807, 2.05) is 6.92 Å². The van der Waals surface area contributed by atoms with Gasteiger partial charge >= 0.3 is 0 Å². The van der Waals surface area contributed by atoms with Crippen LogP contribution in [-0.2, 0) is 15.3 Å². The molecule has 2 amide bonds. The maximum Gasteiger partial charge on any atom is 0.258 e. The minimum atomic E-state index is -2.40. The van der Waals surface area contributed by atoms with Crippen LogP contribution in [0.1, 0.15) is 62.6 Å². The van der Waals surface area contributed by atoms with Crippen molar-refractivity contribution in [2.45, 2.75) is 64.3 Å². The molecular weight excluding hydrogens is 519 g/mol. The van der Waals surface area contributed by atoms with E-state index in [2.05, 4.69) is 10.6 Å². The number of carbonyl (C=O) groups excluding carboxylic acids is 3. The number of furan rings is 1. The molecule has 0 aliphatic carbocycles. The highest BCUT2D eigenvalue weighted by Gasteiger charge is 2.34. The highest BCUT2D eigenvalue weighted by atomic mass is 32.2. The minimum absolute atomic E-state index is 0.0697. The fourth-order valence-electron chi connectivity index (χ4n) is 3.45. The molecule has 1 aromatic carbocycles. The molecule has 2 aromatic rings. The van der Waals surface area contributed by atoms with E-state index in [0.29, 0.717) is 30.8 Å². The molecule has 1 heterocycles. The molecule has 0 aliphatic heterocycles. The smallest absolute Gasteiger partial charge is 0.258 e. The second-order valence-corrected chi connectivity index (χ2v) is 9.51. The van der Waals surface area contributed by atoms with Gasteiger partial charge in [-0.3, -0.25) is 14.4 Å². The molecule has 0 unspecified atom stereocenters. The van der Waals surface area contributed by atoms with Crippen molar-refractivity contribution in [1.29, 1.82) is 0 Å². The summed E-state index contributed by atoms with van der Waals surface area (Å²) < 4.78 is 74.0. The number of benzene rings is 1. The quantitative estimate of drug-likeness (QED) is 0.190. The van der Waals surface area contributed by atoms with Crippen LogP contribution in [0.5, 0.6) is 0 Å². The molecule has 0 saturated carbocycles. The molecular formula is C25H29F5N2O4S. The second kappa shape index (κ2) is 14.2. The summed E-state index contributed by atoms with van der Waals surface area (Å²) >= 11 is 1.29. The number of carbonyl (C=O) groups is 3. The van der Waals surface area contributed by atoms with Gasteiger partial charge in [0.2, 0.25) is 11.7 Å². The van der Waals surface area contributed by atoms with E-state index in [1.165, 1.54) is 18.0 Å². The highest BCUT2D eigenvalue weighted by molar-refractivity contribution is 7.99. The Balaban J connectivity index is 2.19. The Hall–Kier alpha value is -2.89. The summed E-state index contributed by atoms with van der Waals surface area (Å²) in [6, 6.07) is 1.18. The van der Waals surface area contributed by atoms with Crippen LogP contribution in [0.25, 0.3) is 0 Å². The molecule has 0 radical (unpaired) electrons. The van der Waals surface area contributed by atoms with Crippen LogP contribution >= 0.6 is 11.8 Å². The lowest BCUT2D eigenvalue weighted by molar-refractivity contribution is -0.128. The van der Waals surface area contributed by atoms with Crippen molar-refractivity contribution in [3.8, 4) is 0 Å². The standard InChI is InChI=1S/C25H29F5N2O4S/c1-4-6-9-15(16(33)12-37-11-14-8-7-10-36-14)31-25(35)23(13(3)5-2)32-24(34)17-18(26)20(28)22(30)21(29)19(17)27/h7-8,10,13,15,23H,4-6,9,11-12H2,1-3H3,(H,31,35)(H,32,34)/t13-,15-,23-/m0/s1. The van der Waals surface area contributed by atoms with Crippen LogP contribution in [0, 0.1) is 35.0 Å². The van der Waals surface area contributed by atoms with Crippen molar-refractivity contribution in [3.63, 3.8) is 0 Å². The summed E-state index contributed by atoms with van der Waals surface area (Å²) in [6.07, 6.45) is 3.51. The van der Waals surface area contributed by atoms with Gasteiger partial charge in [0.1, 0.15) is 17.4 Å². The number of unbranched alkanes of at least 4 members (excludes halogenated alkanes) is 1. The molecule has 6 nitrogen and oxygen atoms in total. The molecule has 2 N–H and O–H groups in total. The van der Waals surface area contributed by atoms with Gasteiger partial charge in [-0.1, -0.05) is 40.0 Å². The van der Waals surface area contributed by atoms with Gasteiger partial charge in [0, 0.05) is 0 Å². The summed E-state index contributed by atoms with van der Waals surface area (Å²) in [5, 5.41) is 4.68. The second-order valence-electron chi connectivity index (χ2n) is 8.52. The molecule has 0 spiro atoms. The van der Waals surface area contributed by atoms with Crippen molar-refractivity contribution < 1.29 is 40.8 Å². The summed E-state index contributed by atoms with van der Waals surface area (Å²) in [5.41, 5.74) is -1.69. The normalized spacial score (nSPS) is 13.6. The number of nitrogens with one attached hydrogen (secondary N) is 2. The molecule has 37 heavy (non-hydrogen) atoms. The van der Waals surface area contributed by atoms with Crippen molar-refractivity contribution in [3.05, 3.63) is 58.8 Å². The number of amides is 2. The average molecular weight is 549 g/mol. The van der Waals surface area contributed by atoms with Crippen LogP contribution in [0.15, 0.2) is 22.8 Å². The largest absolute Gasteiger partial charge is 0.468 e. The lowest BCUT2D eigenvalue weighted by atomic mass is 9.96. The minimum Gasteiger partial charge on any atom is -0.468 e. The molecule has 1 aromatic heterocycles. The predicted octanol–water partition coefficient (Wildman–Crippen LogP) is 5.30. The first-order valence-corrected chi connectivity index (χ1v) is 12.9. The third-order valence-corrected chi connectivity index (χ3v) is 6.82. The first kappa shape index (κ1) is 30.3. The fraction of sp³-hybridized carbons (Fsp3) is 0.480. The van der Waals surface area contributed by atoms with Crippen LogP contribution in [0.4, 0.5) is 22.0 Å². The first-order valence-electron chi connectivity index (χ1n) is 11.8. The molecule has 2 rings (SSSR count). The Morgan fingerprint density at radius 2 is 1.59 bits per heavy atom.